The Labute approximate surface area is 108 Å². The van der Waals surface area contributed by atoms with E-state index in [1.54, 1.807) is 0 Å². The first kappa shape index (κ1) is 13.2. The Morgan fingerprint density at radius 3 is 2.67 bits per heavy atom. The fourth-order valence-corrected chi connectivity index (χ4v) is 2.06. The summed E-state index contributed by atoms with van der Waals surface area (Å²) < 4.78 is 16.6. The third-order valence-corrected chi connectivity index (χ3v) is 3.15. The topological polar surface area (TPSA) is 53.7 Å². The molecule has 100 valence electrons. The van der Waals surface area contributed by atoms with Gasteiger partial charge in [-0.25, -0.2) is 0 Å². The summed E-state index contributed by atoms with van der Waals surface area (Å²) in [5, 5.41) is 0. The van der Waals surface area contributed by atoms with Gasteiger partial charge in [-0.15, -0.1) is 0 Å². The van der Waals surface area contributed by atoms with Crippen molar-refractivity contribution in [3.05, 3.63) is 24.3 Å². The van der Waals surface area contributed by atoms with Gasteiger partial charge in [-0.3, -0.25) is 0 Å². The summed E-state index contributed by atoms with van der Waals surface area (Å²) in [7, 11) is 0. The Kier molecular flexibility index (Phi) is 4.84. The van der Waals surface area contributed by atoms with Gasteiger partial charge in [0.05, 0.1) is 13.2 Å². The van der Waals surface area contributed by atoms with Crippen LogP contribution >= 0.6 is 0 Å². The van der Waals surface area contributed by atoms with Crippen molar-refractivity contribution in [2.24, 2.45) is 11.7 Å². The van der Waals surface area contributed by atoms with E-state index in [1.165, 1.54) is 0 Å². The van der Waals surface area contributed by atoms with E-state index in [0.29, 0.717) is 19.1 Å². The van der Waals surface area contributed by atoms with Crippen molar-refractivity contribution >= 4 is 0 Å². The van der Waals surface area contributed by atoms with Crippen LogP contribution in [0.25, 0.3) is 0 Å². The lowest BCUT2D eigenvalue weighted by Crippen LogP contribution is -2.36. The van der Waals surface area contributed by atoms with Crippen molar-refractivity contribution in [2.45, 2.75) is 19.4 Å². The summed E-state index contributed by atoms with van der Waals surface area (Å²) in [6.45, 7) is 4.64. The highest BCUT2D eigenvalue weighted by molar-refractivity contribution is 5.39. The molecule has 4 heteroatoms. The Morgan fingerprint density at radius 1 is 1.33 bits per heavy atom. The second-order valence-corrected chi connectivity index (χ2v) is 4.48. The molecule has 0 saturated carbocycles. The first-order chi connectivity index (χ1) is 8.81. The summed E-state index contributed by atoms with van der Waals surface area (Å²) >= 11 is 0. The summed E-state index contributed by atoms with van der Waals surface area (Å²) in [6, 6.07) is 7.69. The highest BCUT2D eigenvalue weighted by atomic mass is 16.5. The van der Waals surface area contributed by atoms with Gasteiger partial charge in [-0.2, -0.15) is 0 Å². The molecule has 2 unspecified atom stereocenters. The first-order valence-electron chi connectivity index (χ1n) is 6.49. The van der Waals surface area contributed by atoms with E-state index in [-0.39, 0.29) is 6.04 Å². The van der Waals surface area contributed by atoms with Gasteiger partial charge < -0.3 is 19.9 Å². The standard InChI is InChI=1S/C14H21NO3/c1-2-17-13-5-3-4-6-14(13)18-10-12(15)11-7-8-16-9-11/h3-6,11-12H,2,7-10,15H2,1H3. The van der Waals surface area contributed by atoms with Gasteiger partial charge >= 0.3 is 0 Å². The lowest BCUT2D eigenvalue weighted by Gasteiger charge is -2.19. The second kappa shape index (κ2) is 6.61. The predicted molar refractivity (Wildman–Crippen MR) is 70.0 cm³/mol. The zero-order valence-electron chi connectivity index (χ0n) is 10.8. The lowest BCUT2D eigenvalue weighted by atomic mass is 10.0. The van der Waals surface area contributed by atoms with Crippen LogP contribution in [0.15, 0.2) is 24.3 Å². The molecule has 1 saturated heterocycles. The van der Waals surface area contributed by atoms with E-state index in [9.17, 15) is 0 Å². The van der Waals surface area contributed by atoms with E-state index in [0.717, 1.165) is 31.1 Å². The minimum Gasteiger partial charge on any atom is -0.490 e. The molecule has 2 rings (SSSR count). The van der Waals surface area contributed by atoms with Crippen molar-refractivity contribution in [1.29, 1.82) is 0 Å². The van der Waals surface area contributed by atoms with Gasteiger partial charge in [0.2, 0.25) is 0 Å². The molecule has 1 aromatic carbocycles. The molecule has 1 aliphatic heterocycles. The second-order valence-electron chi connectivity index (χ2n) is 4.48. The molecule has 0 amide bonds. The fourth-order valence-electron chi connectivity index (χ4n) is 2.06. The predicted octanol–water partition coefficient (Wildman–Crippen LogP) is 1.83. The fraction of sp³-hybridized carbons (Fsp3) is 0.571. The van der Waals surface area contributed by atoms with Gasteiger partial charge in [0.15, 0.2) is 11.5 Å². The maximum Gasteiger partial charge on any atom is 0.161 e. The number of ether oxygens (including phenoxy) is 3. The third-order valence-electron chi connectivity index (χ3n) is 3.15. The molecule has 18 heavy (non-hydrogen) atoms. The molecule has 4 nitrogen and oxygen atoms in total. The van der Waals surface area contributed by atoms with Crippen LogP contribution in [-0.4, -0.2) is 32.5 Å². The van der Waals surface area contributed by atoms with Crippen LogP contribution in [0, 0.1) is 5.92 Å². The summed E-state index contributed by atoms with van der Waals surface area (Å²) in [6.07, 6.45) is 1.03. The van der Waals surface area contributed by atoms with Gasteiger partial charge in [-0.05, 0) is 25.5 Å². The van der Waals surface area contributed by atoms with Crippen molar-refractivity contribution in [3.8, 4) is 11.5 Å². The number of para-hydroxylation sites is 2. The maximum atomic E-state index is 6.11. The summed E-state index contributed by atoms with van der Waals surface area (Å²) in [5.41, 5.74) is 6.11. The van der Waals surface area contributed by atoms with Crippen LogP contribution in [0.4, 0.5) is 0 Å². The van der Waals surface area contributed by atoms with Crippen molar-refractivity contribution in [2.75, 3.05) is 26.4 Å². The van der Waals surface area contributed by atoms with Crippen molar-refractivity contribution < 1.29 is 14.2 Å². The van der Waals surface area contributed by atoms with Crippen LogP contribution in [0.3, 0.4) is 0 Å². The number of nitrogens with two attached hydrogens (primary N) is 1. The lowest BCUT2D eigenvalue weighted by molar-refractivity contribution is 0.168. The van der Waals surface area contributed by atoms with Crippen LogP contribution in [-0.2, 0) is 4.74 Å². The summed E-state index contributed by atoms with van der Waals surface area (Å²) in [5.74, 6) is 1.94. The van der Waals surface area contributed by atoms with E-state index in [4.69, 9.17) is 19.9 Å². The van der Waals surface area contributed by atoms with E-state index < -0.39 is 0 Å². The average molecular weight is 251 g/mol. The Bertz CT molecular complexity index is 364. The zero-order chi connectivity index (χ0) is 12.8. The van der Waals surface area contributed by atoms with Gasteiger partial charge in [0.25, 0.3) is 0 Å². The normalized spacial score (nSPS) is 20.7. The van der Waals surface area contributed by atoms with Crippen LogP contribution in [0.1, 0.15) is 13.3 Å². The molecular formula is C14H21NO3. The maximum absolute atomic E-state index is 6.11. The van der Waals surface area contributed by atoms with E-state index in [2.05, 4.69) is 0 Å². The Balaban J connectivity index is 1.88. The average Bonchev–Trinajstić information content (AvgIpc) is 2.92. The van der Waals surface area contributed by atoms with Crippen LogP contribution in [0.2, 0.25) is 0 Å². The highest BCUT2D eigenvalue weighted by Gasteiger charge is 2.23. The number of benzene rings is 1. The molecule has 0 bridgehead atoms. The van der Waals surface area contributed by atoms with Gasteiger partial charge in [-0.1, -0.05) is 12.1 Å². The van der Waals surface area contributed by atoms with E-state index >= 15 is 0 Å². The molecule has 1 fully saturated rings. The van der Waals surface area contributed by atoms with Crippen LogP contribution in [0.5, 0.6) is 11.5 Å². The zero-order valence-corrected chi connectivity index (χ0v) is 10.8. The Morgan fingerprint density at radius 2 is 2.06 bits per heavy atom. The van der Waals surface area contributed by atoms with Crippen molar-refractivity contribution in [1.82, 2.24) is 0 Å². The number of hydrogen-bond acceptors (Lipinski definition) is 4. The summed E-state index contributed by atoms with van der Waals surface area (Å²) in [4.78, 5) is 0. The molecule has 2 atom stereocenters. The molecule has 1 aliphatic rings. The van der Waals surface area contributed by atoms with Gasteiger partial charge in [0, 0.05) is 18.6 Å². The minimum atomic E-state index is 0.0159. The molecule has 0 aliphatic carbocycles. The highest BCUT2D eigenvalue weighted by Crippen LogP contribution is 2.27. The Hall–Kier alpha value is -1.26. The molecule has 1 aromatic rings. The molecule has 2 N–H and O–H groups in total. The monoisotopic (exact) mass is 251 g/mol. The minimum absolute atomic E-state index is 0.0159. The van der Waals surface area contributed by atoms with Crippen molar-refractivity contribution in [3.63, 3.8) is 0 Å². The largest absolute Gasteiger partial charge is 0.490 e. The quantitative estimate of drug-likeness (QED) is 0.838. The van der Waals surface area contributed by atoms with Gasteiger partial charge in [0.1, 0.15) is 6.61 Å². The number of rotatable bonds is 6. The molecular weight excluding hydrogens is 230 g/mol. The SMILES string of the molecule is CCOc1ccccc1OCC(N)C1CCOC1. The molecule has 1 heterocycles. The van der Waals surface area contributed by atoms with Crippen LogP contribution < -0.4 is 15.2 Å². The van der Waals surface area contributed by atoms with E-state index in [1.807, 2.05) is 31.2 Å². The third kappa shape index (κ3) is 3.37. The number of hydrogen-bond donors (Lipinski definition) is 1. The molecule has 0 radical (unpaired) electrons. The first-order valence-corrected chi connectivity index (χ1v) is 6.49. The molecule has 0 aromatic heterocycles. The molecule has 0 spiro atoms. The smallest absolute Gasteiger partial charge is 0.161 e.